The van der Waals surface area contributed by atoms with E-state index >= 15 is 0 Å². The monoisotopic (exact) mass is 251 g/mol. The van der Waals surface area contributed by atoms with Crippen LogP contribution in [0.5, 0.6) is 0 Å². The van der Waals surface area contributed by atoms with Crippen LogP contribution >= 0.6 is 0 Å². The number of rotatable bonds is 3. The number of nitrogens with zero attached hydrogens (tertiary/aromatic N) is 2. The second-order valence-electron chi connectivity index (χ2n) is 4.16. The summed E-state index contributed by atoms with van der Waals surface area (Å²) in [5, 5.41) is 3.89. The molecule has 0 atom stereocenters. The van der Waals surface area contributed by atoms with Crippen LogP contribution < -0.4 is 5.73 Å². The lowest BCUT2D eigenvalue weighted by Crippen LogP contribution is -1.95. The Hall–Kier alpha value is -2.46. The Labute approximate surface area is 110 Å². The highest BCUT2D eigenvalue weighted by Crippen LogP contribution is 2.23. The van der Waals surface area contributed by atoms with Crippen molar-refractivity contribution < 1.29 is 4.52 Å². The van der Waals surface area contributed by atoms with Gasteiger partial charge in [0.15, 0.2) is 0 Å². The van der Waals surface area contributed by atoms with Gasteiger partial charge in [-0.2, -0.15) is 4.98 Å². The van der Waals surface area contributed by atoms with Gasteiger partial charge >= 0.3 is 0 Å². The van der Waals surface area contributed by atoms with E-state index in [9.17, 15) is 0 Å². The van der Waals surface area contributed by atoms with E-state index in [0.29, 0.717) is 11.7 Å². The molecule has 0 saturated carbocycles. The number of hydrogen-bond donors (Lipinski definition) is 1. The number of nitrogens with two attached hydrogens (primary N) is 1. The Morgan fingerprint density at radius 3 is 2.11 bits per heavy atom. The summed E-state index contributed by atoms with van der Waals surface area (Å²) < 4.78 is 5.00. The van der Waals surface area contributed by atoms with Crippen LogP contribution in [0, 0.1) is 0 Å². The molecule has 94 valence electrons. The number of hydrogen-bond acceptors (Lipinski definition) is 4. The van der Waals surface area contributed by atoms with Gasteiger partial charge in [-0.1, -0.05) is 59.8 Å². The quantitative estimate of drug-likeness (QED) is 0.777. The third-order valence-corrected chi connectivity index (χ3v) is 2.89. The van der Waals surface area contributed by atoms with Crippen LogP contribution in [-0.2, 0) is 6.54 Å². The molecule has 2 aromatic carbocycles. The molecule has 0 spiro atoms. The van der Waals surface area contributed by atoms with Crippen molar-refractivity contribution in [3.63, 3.8) is 0 Å². The summed E-state index contributed by atoms with van der Waals surface area (Å²) in [5.41, 5.74) is 8.71. The van der Waals surface area contributed by atoms with Crippen LogP contribution in [0.1, 0.15) is 5.89 Å². The molecule has 0 aliphatic carbocycles. The highest BCUT2D eigenvalue weighted by Gasteiger charge is 2.07. The molecule has 1 heterocycles. The first-order valence-corrected chi connectivity index (χ1v) is 6.05. The molecular weight excluding hydrogens is 238 g/mol. The maximum Gasteiger partial charge on any atom is 0.240 e. The second-order valence-corrected chi connectivity index (χ2v) is 4.16. The molecule has 19 heavy (non-hydrogen) atoms. The van der Waals surface area contributed by atoms with Gasteiger partial charge in [0.1, 0.15) is 0 Å². The molecule has 3 rings (SSSR count). The van der Waals surface area contributed by atoms with Gasteiger partial charge in [-0.3, -0.25) is 0 Å². The van der Waals surface area contributed by atoms with Crippen molar-refractivity contribution in [2.45, 2.75) is 6.54 Å². The molecule has 0 radical (unpaired) electrons. The van der Waals surface area contributed by atoms with Crippen molar-refractivity contribution >= 4 is 0 Å². The van der Waals surface area contributed by atoms with Gasteiger partial charge < -0.3 is 10.3 Å². The van der Waals surface area contributed by atoms with Gasteiger partial charge in [-0.25, -0.2) is 0 Å². The largest absolute Gasteiger partial charge is 0.338 e. The zero-order chi connectivity index (χ0) is 13.1. The van der Waals surface area contributed by atoms with Crippen LogP contribution in [0.2, 0.25) is 0 Å². The third-order valence-electron chi connectivity index (χ3n) is 2.89. The SMILES string of the molecule is NCc1nc(-c2ccc(-c3ccccc3)cc2)no1. The van der Waals surface area contributed by atoms with Crippen molar-refractivity contribution in [2.75, 3.05) is 0 Å². The van der Waals surface area contributed by atoms with Crippen molar-refractivity contribution in [1.29, 1.82) is 0 Å². The van der Waals surface area contributed by atoms with E-state index in [0.717, 1.165) is 11.1 Å². The summed E-state index contributed by atoms with van der Waals surface area (Å²) in [4.78, 5) is 4.20. The van der Waals surface area contributed by atoms with Crippen LogP contribution in [0.4, 0.5) is 0 Å². The second kappa shape index (κ2) is 5.04. The first kappa shape index (κ1) is 11.6. The molecule has 0 bridgehead atoms. The summed E-state index contributed by atoms with van der Waals surface area (Å²) in [7, 11) is 0. The van der Waals surface area contributed by atoms with Crippen molar-refractivity contribution in [2.24, 2.45) is 5.73 Å². The van der Waals surface area contributed by atoms with E-state index in [4.69, 9.17) is 10.3 Å². The topological polar surface area (TPSA) is 64.9 Å². The zero-order valence-electron chi connectivity index (χ0n) is 10.3. The van der Waals surface area contributed by atoms with Crippen LogP contribution in [0.15, 0.2) is 59.1 Å². The molecule has 1 aromatic heterocycles. The summed E-state index contributed by atoms with van der Waals surface area (Å²) in [6.45, 7) is 0.259. The van der Waals surface area contributed by atoms with Crippen LogP contribution in [0.3, 0.4) is 0 Å². The summed E-state index contributed by atoms with van der Waals surface area (Å²) in [6.07, 6.45) is 0. The van der Waals surface area contributed by atoms with Gasteiger partial charge in [0, 0.05) is 5.56 Å². The minimum Gasteiger partial charge on any atom is -0.338 e. The van der Waals surface area contributed by atoms with Crippen LogP contribution in [0.25, 0.3) is 22.5 Å². The van der Waals surface area contributed by atoms with E-state index < -0.39 is 0 Å². The number of aromatic nitrogens is 2. The number of benzene rings is 2. The van der Waals surface area contributed by atoms with Gasteiger partial charge in [0.05, 0.1) is 6.54 Å². The third kappa shape index (κ3) is 2.39. The Bertz CT molecular complexity index is 659. The summed E-state index contributed by atoms with van der Waals surface area (Å²) >= 11 is 0. The normalized spacial score (nSPS) is 10.6. The Morgan fingerprint density at radius 1 is 0.842 bits per heavy atom. The molecule has 3 aromatic rings. The average molecular weight is 251 g/mol. The highest BCUT2D eigenvalue weighted by molar-refractivity contribution is 5.67. The average Bonchev–Trinajstić information content (AvgIpc) is 2.97. The molecule has 0 aliphatic heterocycles. The molecule has 4 heteroatoms. The molecule has 0 aliphatic rings. The highest BCUT2D eigenvalue weighted by atomic mass is 16.5. The molecule has 0 unspecified atom stereocenters. The standard InChI is InChI=1S/C15H13N3O/c16-10-14-17-15(18-19-14)13-8-6-12(7-9-13)11-4-2-1-3-5-11/h1-9H,10,16H2. The lowest BCUT2D eigenvalue weighted by atomic mass is 10.0. The summed E-state index contributed by atoms with van der Waals surface area (Å²) in [6, 6.07) is 18.3. The molecule has 0 fully saturated rings. The fourth-order valence-corrected chi connectivity index (χ4v) is 1.90. The van der Waals surface area contributed by atoms with Crippen molar-refractivity contribution in [3.8, 4) is 22.5 Å². The van der Waals surface area contributed by atoms with Gasteiger partial charge in [0.25, 0.3) is 0 Å². The Balaban J connectivity index is 1.90. The fourth-order valence-electron chi connectivity index (χ4n) is 1.90. The molecule has 4 nitrogen and oxygen atoms in total. The van der Waals surface area contributed by atoms with Gasteiger partial charge in [-0.05, 0) is 11.1 Å². The van der Waals surface area contributed by atoms with Crippen molar-refractivity contribution in [3.05, 3.63) is 60.5 Å². The lowest BCUT2D eigenvalue weighted by Gasteiger charge is -2.01. The predicted octanol–water partition coefficient (Wildman–Crippen LogP) is 2.86. The minimum atomic E-state index is 0.259. The molecular formula is C15H13N3O. The van der Waals surface area contributed by atoms with E-state index in [2.05, 4.69) is 22.3 Å². The predicted molar refractivity (Wildman–Crippen MR) is 73.1 cm³/mol. The van der Waals surface area contributed by atoms with E-state index in [1.807, 2.05) is 42.5 Å². The molecule has 2 N–H and O–H groups in total. The summed E-state index contributed by atoms with van der Waals surface area (Å²) in [5.74, 6) is 1.02. The maximum atomic E-state index is 5.45. The van der Waals surface area contributed by atoms with Gasteiger partial charge in [0.2, 0.25) is 11.7 Å². The van der Waals surface area contributed by atoms with E-state index in [1.54, 1.807) is 0 Å². The van der Waals surface area contributed by atoms with E-state index in [-0.39, 0.29) is 6.54 Å². The fraction of sp³-hybridized carbons (Fsp3) is 0.0667. The minimum absolute atomic E-state index is 0.259. The first-order valence-electron chi connectivity index (χ1n) is 6.05. The van der Waals surface area contributed by atoms with Crippen LogP contribution in [-0.4, -0.2) is 10.1 Å². The molecule has 0 amide bonds. The van der Waals surface area contributed by atoms with E-state index in [1.165, 1.54) is 5.56 Å². The Morgan fingerprint density at radius 2 is 1.47 bits per heavy atom. The first-order chi connectivity index (χ1) is 9.36. The molecule has 0 saturated heterocycles. The van der Waals surface area contributed by atoms with Crippen molar-refractivity contribution in [1.82, 2.24) is 10.1 Å². The lowest BCUT2D eigenvalue weighted by molar-refractivity contribution is 0.380. The smallest absolute Gasteiger partial charge is 0.240 e. The Kier molecular flexibility index (Phi) is 3.08. The van der Waals surface area contributed by atoms with Gasteiger partial charge in [-0.15, -0.1) is 0 Å². The maximum absolute atomic E-state index is 5.45. The zero-order valence-corrected chi connectivity index (χ0v) is 10.3.